The molecule has 0 saturated carbocycles. The van der Waals surface area contributed by atoms with Crippen LogP contribution in [-0.4, -0.2) is 36.0 Å². The molecule has 2 heterocycles. The number of nitrogens with zero attached hydrogens (tertiary/aromatic N) is 1. The van der Waals surface area contributed by atoms with Gasteiger partial charge < -0.3 is 19.4 Å². The van der Waals surface area contributed by atoms with Gasteiger partial charge in [-0.3, -0.25) is 14.4 Å². The summed E-state index contributed by atoms with van der Waals surface area (Å²) >= 11 is 1.20. The van der Waals surface area contributed by atoms with Gasteiger partial charge in [0.05, 0.1) is 18.5 Å². The number of amides is 2. The Kier molecular flexibility index (Phi) is 6.05. The topological polar surface area (TPSA) is 88.9 Å². The largest absolute Gasteiger partial charge is 0.497 e. The van der Waals surface area contributed by atoms with Crippen LogP contribution in [0.2, 0.25) is 0 Å². The van der Waals surface area contributed by atoms with E-state index in [-0.39, 0.29) is 17.4 Å². The highest BCUT2D eigenvalue weighted by Crippen LogP contribution is 2.46. The summed E-state index contributed by atoms with van der Waals surface area (Å²) in [5.74, 6) is -0.620. The quantitative estimate of drug-likeness (QED) is 0.277. The highest BCUT2D eigenvalue weighted by Gasteiger charge is 2.49. The second-order valence-electron chi connectivity index (χ2n) is 8.47. The average molecular weight is 501 g/mol. The van der Waals surface area contributed by atoms with Crippen molar-refractivity contribution in [2.24, 2.45) is 0 Å². The first kappa shape index (κ1) is 23.7. The zero-order chi connectivity index (χ0) is 25.4. The molecule has 2 amide bonds. The molecule has 1 aliphatic rings. The Bertz CT molecular complexity index is 1490. The number of fused-ring (bicyclic) bond motifs is 2. The van der Waals surface area contributed by atoms with E-state index in [0.29, 0.717) is 28.8 Å². The van der Waals surface area contributed by atoms with Gasteiger partial charge in [-0.1, -0.05) is 36.0 Å². The number of hydrogen-bond acceptors (Lipinski definition) is 6. The van der Waals surface area contributed by atoms with Gasteiger partial charge in [-0.15, -0.1) is 0 Å². The maximum absolute atomic E-state index is 13.8. The first-order valence-electron chi connectivity index (χ1n) is 11.5. The zero-order valence-electron chi connectivity index (χ0n) is 20.0. The molecule has 0 saturated heterocycles. The number of ether oxygens (including phenoxy) is 1. The Labute approximate surface area is 212 Å². The summed E-state index contributed by atoms with van der Waals surface area (Å²) in [5, 5.41) is 3.45. The second-order valence-corrected chi connectivity index (χ2v) is 9.93. The van der Waals surface area contributed by atoms with Crippen molar-refractivity contribution >= 4 is 51.7 Å². The van der Waals surface area contributed by atoms with E-state index < -0.39 is 16.4 Å². The fourth-order valence-corrected chi connectivity index (χ4v) is 5.50. The molecule has 0 bridgehead atoms. The van der Waals surface area contributed by atoms with Crippen molar-refractivity contribution in [3.05, 3.63) is 84.1 Å². The number of para-hydroxylation sites is 2. The van der Waals surface area contributed by atoms with Crippen LogP contribution < -0.4 is 15.0 Å². The highest BCUT2D eigenvalue weighted by molar-refractivity contribution is 8.02. The van der Waals surface area contributed by atoms with Crippen molar-refractivity contribution in [2.45, 2.75) is 23.5 Å². The lowest BCUT2D eigenvalue weighted by Crippen LogP contribution is -2.54. The van der Waals surface area contributed by atoms with Crippen molar-refractivity contribution in [3.63, 3.8) is 0 Å². The molecule has 3 aromatic carbocycles. The maximum atomic E-state index is 13.8. The zero-order valence-corrected chi connectivity index (χ0v) is 20.8. The molecule has 0 spiro atoms. The van der Waals surface area contributed by atoms with E-state index in [2.05, 4.69) is 5.32 Å². The fraction of sp³-hybridized carbons (Fsp3) is 0.179. The Morgan fingerprint density at radius 3 is 2.44 bits per heavy atom. The van der Waals surface area contributed by atoms with E-state index >= 15 is 0 Å². The Balaban J connectivity index is 1.55. The fourth-order valence-electron chi connectivity index (χ4n) is 4.29. The van der Waals surface area contributed by atoms with Gasteiger partial charge in [0.2, 0.25) is 11.7 Å². The molecule has 1 aromatic heterocycles. The predicted molar refractivity (Wildman–Crippen MR) is 140 cm³/mol. The monoisotopic (exact) mass is 500 g/mol. The number of benzene rings is 3. The number of carbonyl (C=O) groups excluding carboxylic acids is 3. The normalized spacial score (nSPS) is 17.1. The number of nitrogens with one attached hydrogen (secondary N) is 1. The Hall–Kier alpha value is -4.04. The van der Waals surface area contributed by atoms with Gasteiger partial charge in [0.25, 0.3) is 5.91 Å². The predicted octanol–water partition coefficient (Wildman–Crippen LogP) is 5.53. The molecule has 1 N–H and O–H groups in total. The van der Waals surface area contributed by atoms with Crippen LogP contribution in [0.25, 0.3) is 11.0 Å². The van der Waals surface area contributed by atoms with E-state index in [1.807, 2.05) is 31.2 Å². The van der Waals surface area contributed by atoms with E-state index in [1.54, 1.807) is 67.5 Å². The van der Waals surface area contributed by atoms with Crippen LogP contribution in [0.3, 0.4) is 0 Å². The third-order valence-corrected chi connectivity index (χ3v) is 7.60. The SMILES string of the molecule is CCN1C(=O)C(C)(C(=O)Nc2c(C(=O)c3ccc(OC)cc3)oc3ccccc23)Sc2ccccc21. The number of rotatable bonds is 6. The summed E-state index contributed by atoms with van der Waals surface area (Å²) in [4.78, 5) is 43.2. The minimum atomic E-state index is -1.44. The van der Waals surface area contributed by atoms with Gasteiger partial charge in [-0.2, -0.15) is 0 Å². The van der Waals surface area contributed by atoms with Gasteiger partial charge in [0.1, 0.15) is 11.3 Å². The molecule has 8 heteroatoms. The lowest BCUT2D eigenvalue weighted by molar-refractivity contribution is -0.128. The van der Waals surface area contributed by atoms with Crippen LogP contribution in [-0.2, 0) is 9.59 Å². The summed E-state index contributed by atoms with van der Waals surface area (Å²) in [7, 11) is 1.55. The van der Waals surface area contributed by atoms with Crippen molar-refractivity contribution < 1.29 is 23.5 Å². The summed E-state index contributed by atoms with van der Waals surface area (Å²) < 4.78 is 9.66. The average Bonchev–Trinajstić information content (AvgIpc) is 3.27. The second kappa shape index (κ2) is 9.20. The molecular weight excluding hydrogens is 476 g/mol. The van der Waals surface area contributed by atoms with Crippen LogP contribution in [0, 0.1) is 0 Å². The third-order valence-electron chi connectivity index (χ3n) is 6.27. The van der Waals surface area contributed by atoms with Crippen LogP contribution in [0.15, 0.2) is 82.1 Å². The minimum Gasteiger partial charge on any atom is -0.497 e. The van der Waals surface area contributed by atoms with Crippen molar-refractivity contribution in [3.8, 4) is 5.75 Å². The standard InChI is InChI=1S/C28H24N2O5S/c1-4-30-20-10-6-8-12-22(20)36-28(2,27(30)33)26(32)29-23-19-9-5-7-11-21(19)35-25(23)24(31)17-13-15-18(34-3)16-14-17/h5-16H,4H2,1-3H3,(H,29,32). The van der Waals surface area contributed by atoms with Gasteiger partial charge in [0.15, 0.2) is 10.5 Å². The molecule has 0 aliphatic carbocycles. The van der Waals surface area contributed by atoms with Gasteiger partial charge >= 0.3 is 0 Å². The van der Waals surface area contributed by atoms with Crippen LogP contribution in [0.1, 0.15) is 30.0 Å². The van der Waals surface area contributed by atoms with E-state index in [9.17, 15) is 14.4 Å². The number of methoxy groups -OCH3 is 1. The van der Waals surface area contributed by atoms with Crippen molar-refractivity contribution in [1.82, 2.24) is 0 Å². The first-order chi connectivity index (χ1) is 17.4. The lowest BCUT2D eigenvalue weighted by atomic mass is 10.0. The van der Waals surface area contributed by atoms with E-state index in [0.717, 1.165) is 10.6 Å². The Morgan fingerprint density at radius 1 is 1.03 bits per heavy atom. The lowest BCUT2D eigenvalue weighted by Gasteiger charge is -2.38. The number of ketones is 1. The summed E-state index contributed by atoms with van der Waals surface area (Å²) in [6.07, 6.45) is 0. The van der Waals surface area contributed by atoms with Crippen LogP contribution in [0.5, 0.6) is 5.75 Å². The number of anilines is 2. The molecule has 1 aliphatic heterocycles. The van der Waals surface area contributed by atoms with Gasteiger partial charge in [0, 0.05) is 22.4 Å². The number of hydrogen-bond donors (Lipinski definition) is 1. The highest BCUT2D eigenvalue weighted by atomic mass is 32.2. The van der Waals surface area contributed by atoms with Crippen LogP contribution >= 0.6 is 11.8 Å². The van der Waals surface area contributed by atoms with Gasteiger partial charge in [-0.25, -0.2) is 0 Å². The molecule has 1 unspecified atom stereocenters. The molecule has 0 fully saturated rings. The molecule has 5 rings (SSSR count). The number of carbonyl (C=O) groups is 3. The van der Waals surface area contributed by atoms with Crippen LogP contribution in [0.4, 0.5) is 11.4 Å². The summed E-state index contributed by atoms with van der Waals surface area (Å²) in [5.41, 5.74) is 1.86. The van der Waals surface area contributed by atoms with E-state index in [4.69, 9.17) is 9.15 Å². The van der Waals surface area contributed by atoms with Gasteiger partial charge in [-0.05, 0) is 62.4 Å². The molecular formula is C28H24N2O5S. The maximum Gasteiger partial charge on any atom is 0.252 e. The number of furan rings is 1. The van der Waals surface area contributed by atoms with E-state index in [1.165, 1.54) is 11.8 Å². The molecule has 182 valence electrons. The molecule has 7 nitrogen and oxygen atoms in total. The summed E-state index contributed by atoms with van der Waals surface area (Å²) in [6, 6.07) is 21.2. The first-order valence-corrected chi connectivity index (χ1v) is 12.3. The molecule has 0 radical (unpaired) electrons. The third kappa shape index (κ3) is 3.83. The van der Waals surface area contributed by atoms with Crippen molar-refractivity contribution in [1.29, 1.82) is 0 Å². The summed E-state index contributed by atoms with van der Waals surface area (Å²) in [6.45, 7) is 3.91. The minimum absolute atomic E-state index is 0.000627. The van der Waals surface area contributed by atoms with Crippen molar-refractivity contribution in [2.75, 3.05) is 23.9 Å². The number of thioether (sulfide) groups is 1. The Morgan fingerprint density at radius 2 is 1.72 bits per heavy atom. The molecule has 1 atom stereocenters. The molecule has 4 aromatic rings. The smallest absolute Gasteiger partial charge is 0.252 e. The molecule has 36 heavy (non-hydrogen) atoms.